The van der Waals surface area contributed by atoms with Gasteiger partial charge in [-0.05, 0) is 19.9 Å². The van der Waals surface area contributed by atoms with E-state index in [1.165, 1.54) is 6.26 Å². The van der Waals surface area contributed by atoms with Crippen LogP contribution in [0, 0.1) is 12.8 Å². The standard InChI is InChI=1S/C9H13N3O2/c1-6-5-14-9(11-6)12-8(13)7-2-3-10-4-7/h5,7,10H,2-4H2,1H3,(H,11,12,13). The van der Waals surface area contributed by atoms with Crippen molar-refractivity contribution in [3.05, 3.63) is 12.0 Å². The number of nitrogens with zero attached hydrogens (tertiary/aromatic N) is 1. The Morgan fingerprint density at radius 1 is 1.79 bits per heavy atom. The van der Waals surface area contributed by atoms with Crippen molar-refractivity contribution >= 4 is 11.9 Å². The molecule has 0 bridgehead atoms. The molecular weight excluding hydrogens is 182 g/mol. The molecular formula is C9H13N3O2. The topological polar surface area (TPSA) is 67.2 Å². The molecule has 0 aromatic carbocycles. The third-order valence-electron chi connectivity index (χ3n) is 2.28. The Kier molecular flexibility index (Phi) is 2.49. The first kappa shape index (κ1) is 9.21. The highest BCUT2D eigenvalue weighted by molar-refractivity contribution is 5.90. The summed E-state index contributed by atoms with van der Waals surface area (Å²) in [6.45, 7) is 3.46. The van der Waals surface area contributed by atoms with Crippen molar-refractivity contribution in [2.75, 3.05) is 18.4 Å². The van der Waals surface area contributed by atoms with E-state index in [0.29, 0.717) is 6.01 Å². The molecule has 0 saturated carbocycles. The van der Waals surface area contributed by atoms with Gasteiger partial charge in [0.15, 0.2) is 0 Å². The molecule has 5 nitrogen and oxygen atoms in total. The first-order valence-corrected chi connectivity index (χ1v) is 4.69. The number of rotatable bonds is 2. The second-order valence-corrected chi connectivity index (χ2v) is 3.47. The lowest BCUT2D eigenvalue weighted by Gasteiger charge is -2.05. The number of hydrogen-bond acceptors (Lipinski definition) is 4. The molecule has 1 aliphatic rings. The van der Waals surface area contributed by atoms with Crippen molar-refractivity contribution in [3.8, 4) is 0 Å². The Labute approximate surface area is 81.9 Å². The summed E-state index contributed by atoms with van der Waals surface area (Å²) < 4.78 is 5.03. The number of carbonyl (C=O) groups is 1. The van der Waals surface area contributed by atoms with Gasteiger partial charge in [0.2, 0.25) is 5.91 Å². The lowest BCUT2D eigenvalue weighted by molar-refractivity contribution is -0.119. The lowest BCUT2D eigenvalue weighted by atomic mass is 10.1. The van der Waals surface area contributed by atoms with Gasteiger partial charge in [-0.1, -0.05) is 0 Å². The fourth-order valence-electron chi connectivity index (χ4n) is 1.50. The van der Waals surface area contributed by atoms with Gasteiger partial charge in [0.25, 0.3) is 0 Å². The summed E-state index contributed by atoms with van der Waals surface area (Å²) in [6.07, 6.45) is 2.40. The molecule has 2 heterocycles. The van der Waals surface area contributed by atoms with Crippen LogP contribution >= 0.6 is 0 Å². The summed E-state index contributed by atoms with van der Waals surface area (Å²) in [5.41, 5.74) is 0.768. The Morgan fingerprint density at radius 2 is 2.64 bits per heavy atom. The molecule has 0 spiro atoms. The molecule has 0 aliphatic carbocycles. The van der Waals surface area contributed by atoms with Crippen LogP contribution in [-0.4, -0.2) is 24.0 Å². The third-order valence-corrected chi connectivity index (χ3v) is 2.28. The molecule has 1 unspecified atom stereocenters. The van der Waals surface area contributed by atoms with Crippen LogP contribution < -0.4 is 10.6 Å². The smallest absolute Gasteiger partial charge is 0.301 e. The van der Waals surface area contributed by atoms with Gasteiger partial charge in [0, 0.05) is 6.54 Å². The van der Waals surface area contributed by atoms with Crippen molar-refractivity contribution < 1.29 is 9.21 Å². The van der Waals surface area contributed by atoms with Gasteiger partial charge in [-0.2, -0.15) is 4.98 Å². The number of amides is 1. The van der Waals surface area contributed by atoms with E-state index in [0.717, 1.165) is 25.2 Å². The van der Waals surface area contributed by atoms with E-state index >= 15 is 0 Å². The summed E-state index contributed by atoms with van der Waals surface area (Å²) >= 11 is 0. The predicted octanol–water partition coefficient (Wildman–Crippen LogP) is 0.531. The van der Waals surface area contributed by atoms with Gasteiger partial charge in [-0.15, -0.1) is 0 Å². The average Bonchev–Trinajstić information content (AvgIpc) is 2.75. The zero-order chi connectivity index (χ0) is 9.97. The third kappa shape index (κ3) is 1.93. The van der Waals surface area contributed by atoms with Crippen molar-refractivity contribution in [2.24, 2.45) is 5.92 Å². The molecule has 1 saturated heterocycles. The van der Waals surface area contributed by atoms with Crippen LogP contribution in [0.15, 0.2) is 10.7 Å². The van der Waals surface area contributed by atoms with Gasteiger partial charge in [0.05, 0.1) is 11.6 Å². The van der Waals surface area contributed by atoms with E-state index in [9.17, 15) is 4.79 Å². The molecule has 0 radical (unpaired) electrons. The molecule has 1 amide bonds. The largest absolute Gasteiger partial charge is 0.432 e. The predicted molar refractivity (Wildman–Crippen MR) is 50.8 cm³/mol. The Balaban J connectivity index is 1.93. The number of hydrogen-bond donors (Lipinski definition) is 2. The number of anilines is 1. The molecule has 1 fully saturated rings. The van der Waals surface area contributed by atoms with Crippen molar-refractivity contribution in [1.29, 1.82) is 0 Å². The fraction of sp³-hybridized carbons (Fsp3) is 0.556. The highest BCUT2D eigenvalue weighted by atomic mass is 16.4. The summed E-state index contributed by atoms with van der Waals surface area (Å²) in [5, 5.41) is 5.78. The minimum atomic E-state index is -0.0168. The first-order valence-electron chi connectivity index (χ1n) is 4.69. The van der Waals surface area contributed by atoms with E-state index in [1.54, 1.807) is 0 Å². The van der Waals surface area contributed by atoms with Crippen molar-refractivity contribution in [2.45, 2.75) is 13.3 Å². The van der Waals surface area contributed by atoms with Gasteiger partial charge in [-0.3, -0.25) is 10.1 Å². The van der Waals surface area contributed by atoms with E-state index < -0.39 is 0 Å². The number of carbonyl (C=O) groups excluding carboxylic acids is 1. The highest BCUT2D eigenvalue weighted by Gasteiger charge is 2.23. The molecule has 1 aliphatic heterocycles. The maximum absolute atomic E-state index is 11.6. The quantitative estimate of drug-likeness (QED) is 0.722. The second kappa shape index (κ2) is 3.79. The maximum Gasteiger partial charge on any atom is 0.301 e. The van der Waals surface area contributed by atoms with Crippen LogP contribution in [0.5, 0.6) is 0 Å². The zero-order valence-corrected chi connectivity index (χ0v) is 8.04. The average molecular weight is 195 g/mol. The highest BCUT2D eigenvalue weighted by Crippen LogP contribution is 2.12. The SMILES string of the molecule is Cc1coc(NC(=O)C2CCNC2)n1. The van der Waals surface area contributed by atoms with Crippen LogP contribution in [0.4, 0.5) is 6.01 Å². The van der Waals surface area contributed by atoms with Gasteiger partial charge < -0.3 is 9.73 Å². The summed E-state index contributed by atoms with van der Waals surface area (Å²) in [7, 11) is 0. The molecule has 1 aromatic heterocycles. The Bertz CT molecular complexity index is 329. The molecule has 1 aromatic rings. The first-order chi connectivity index (χ1) is 6.75. The molecule has 2 N–H and O–H groups in total. The van der Waals surface area contributed by atoms with Crippen LogP contribution in [0.3, 0.4) is 0 Å². The monoisotopic (exact) mass is 195 g/mol. The number of nitrogens with one attached hydrogen (secondary N) is 2. The number of aromatic nitrogens is 1. The van der Waals surface area contributed by atoms with Gasteiger partial charge >= 0.3 is 6.01 Å². The molecule has 14 heavy (non-hydrogen) atoms. The van der Waals surface area contributed by atoms with Gasteiger partial charge in [0.1, 0.15) is 6.26 Å². The molecule has 2 rings (SSSR count). The maximum atomic E-state index is 11.6. The fourth-order valence-corrected chi connectivity index (χ4v) is 1.50. The lowest BCUT2D eigenvalue weighted by Crippen LogP contribution is -2.24. The molecule has 5 heteroatoms. The van der Waals surface area contributed by atoms with E-state index in [4.69, 9.17) is 4.42 Å². The van der Waals surface area contributed by atoms with E-state index in [2.05, 4.69) is 15.6 Å². The van der Waals surface area contributed by atoms with E-state index in [1.807, 2.05) is 6.92 Å². The second-order valence-electron chi connectivity index (χ2n) is 3.47. The Morgan fingerprint density at radius 3 is 3.21 bits per heavy atom. The van der Waals surface area contributed by atoms with Crippen molar-refractivity contribution in [1.82, 2.24) is 10.3 Å². The van der Waals surface area contributed by atoms with Crippen molar-refractivity contribution in [3.63, 3.8) is 0 Å². The molecule has 1 atom stereocenters. The van der Waals surface area contributed by atoms with Crippen LogP contribution in [-0.2, 0) is 4.79 Å². The number of oxazole rings is 1. The van der Waals surface area contributed by atoms with Crippen LogP contribution in [0.2, 0.25) is 0 Å². The number of aryl methyl sites for hydroxylation is 1. The normalized spacial score (nSPS) is 21.1. The van der Waals surface area contributed by atoms with Gasteiger partial charge in [-0.25, -0.2) is 0 Å². The van der Waals surface area contributed by atoms with E-state index in [-0.39, 0.29) is 11.8 Å². The minimum Gasteiger partial charge on any atom is -0.432 e. The van der Waals surface area contributed by atoms with Crippen LogP contribution in [0.1, 0.15) is 12.1 Å². The summed E-state index contributed by atoms with van der Waals surface area (Å²) in [5.74, 6) is 0.0269. The zero-order valence-electron chi connectivity index (χ0n) is 8.04. The summed E-state index contributed by atoms with van der Waals surface area (Å²) in [4.78, 5) is 15.6. The Hall–Kier alpha value is -1.36. The summed E-state index contributed by atoms with van der Waals surface area (Å²) in [6, 6.07) is 0.291. The minimum absolute atomic E-state index is 0.0168. The molecule has 76 valence electrons. The van der Waals surface area contributed by atoms with Crippen LogP contribution in [0.25, 0.3) is 0 Å².